The van der Waals surface area contributed by atoms with E-state index in [1.807, 2.05) is 12.3 Å². The Morgan fingerprint density at radius 2 is 2.24 bits per heavy atom. The third kappa shape index (κ3) is 3.26. The number of nitrogens with one attached hydrogen (secondary N) is 1. The van der Waals surface area contributed by atoms with Crippen molar-refractivity contribution in [1.29, 1.82) is 0 Å². The van der Waals surface area contributed by atoms with Crippen molar-refractivity contribution in [3.8, 4) is 0 Å². The van der Waals surface area contributed by atoms with Gasteiger partial charge < -0.3 is 11.1 Å². The van der Waals surface area contributed by atoms with Gasteiger partial charge in [0.25, 0.3) is 0 Å². The molecule has 1 unspecified atom stereocenters. The molecule has 0 aliphatic heterocycles. The SMILES string of the molecule is CC(NC(=O)C1CCC(N)CC1)c1nccs1. The summed E-state index contributed by atoms with van der Waals surface area (Å²) in [5.41, 5.74) is 5.84. The van der Waals surface area contributed by atoms with Gasteiger partial charge in [0.15, 0.2) is 0 Å². The summed E-state index contributed by atoms with van der Waals surface area (Å²) in [6.07, 6.45) is 5.52. The molecule has 17 heavy (non-hydrogen) atoms. The van der Waals surface area contributed by atoms with Gasteiger partial charge in [-0.05, 0) is 32.6 Å². The fourth-order valence-corrected chi connectivity index (χ4v) is 2.87. The van der Waals surface area contributed by atoms with Crippen LogP contribution in [0.3, 0.4) is 0 Å². The molecule has 1 aromatic heterocycles. The van der Waals surface area contributed by atoms with Gasteiger partial charge in [0, 0.05) is 23.5 Å². The van der Waals surface area contributed by atoms with Crippen LogP contribution in [0.5, 0.6) is 0 Å². The van der Waals surface area contributed by atoms with Crippen LogP contribution in [0.25, 0.3) is 0 Å². The van der Waals surface area contributed by atoms with Crippen molar-refractivity contribution in [2.45, 2.75) is 44.7 Å². The van der Waals surface area contributed by atoms with Gasteiger partial charge in [0.2, 0.25) is 5.91 Å². The van der Waals surface area contributed by atoms with Crippen molar-refractivity contribution in [3.63, 3.8) is 0 Å². The van der Waals surface area contributed by atoms with Crippen LogP contribution >= 0.6 is 11.3 Å². The molecule has 1 aliphatic rings. The molecule has 0 aromatic carbocycles. The summed E-state index contributed by atoms with van der Waals surface area (Å²) in [7, 11) is 0. The normalized spacial score (nSPS) is 26.5. The summed E-state index contributed by atoms with van der Waals surface area (Å²) >= 11 is 1.57. The number of hydrogen-bond donors (Lipinski definition) is 2. The van der Waals surface area contributed by atoms with Gasteiger partial charge in [0.05, 0.1) is 6.04 Å². The van der Waals surface area contributed by atoms with E-state index in [-0.39, 0.29) is 23.9 Å². The van der Waals surface area contributed by atoms with Gasteiger partial charge in [-0.25, -0.2) is 4.98 Å². The molecule has 94 valence electrons. The van der Waals surface area contributed by atoms with E-state index < -0.39 is 0 Å². The molecule has 1 atom stereocenters. The molecule has 4 nitrogen and oxygen atoms in total. The van der Waals surface area contributed by atoms with Crippen LogP contribution in [-0.2, 0) is 4.79 Å². The second kappa shape index (κ2) is 5.60. The lowest BCUT2D eigenvalue weighted by Crippen LogP contribution is -2.37. The van der Waals surface area contributed by atoms with Crippen molar-refractivity contribution < 1.29 is 4.79 Å². The Morgan fingerprint density at radius 1 is 1.53 bits per heavy atom. The number of nitrogens with two attached hydrogens (primary N) is 1. The maximum atomic E-state index is 12.0. The molecular formula is C12H19N3OS. The predicted octanol–water partition coefficient (Wildman–Crippen LogP) is 1.84. The molecule has 1 fully saturated rings. The number of rotatable bonds is 3. The molecule has 0 spiro atoms. The van der Waals surface area contributed by atoms with E-state index in [0.717, 1.165) is 30.7 Å². The van der Waals surface area contributed by atoms with Gasteiger partial charge in [0.1, 0.15) is 5.01 Å². The lowest BCUT2D eigenvalue weighted by atomic mass is 9.86. The van der Waals surface area contributed by atoms with Crippen molar-refractivity contribution in [1.82, 2.24) is 10.3 Å². The van der Waals surface area contributed by atoms with E-state index in [1.54, 1.807) is 17.5 Å². The Kier molecular flexibility index (Phi) is 4.12. The first-order valence-electron chi connectivity index (χ1n) is 6.12. The van der Waals surface area contributed by atoms with Crippen LogP contribution in [-0.4, -0.2) is 16.9 Å². The number of carbonyl (C=O) groups is 1. The molecule has 3 N–H and O–H groups in total. The number of aromatic nitrogens is 1. The Morgan fingerprint density at radius 3 is 2.82 bits per heavy atom. The van der Waals surface area contributed by atoms with Gasteiger partial charge in [-0.15, -0.1) is 11.3 Å². The maximum absolute atomic E-state index is 12.0. The lowest BCUT2D eigenvalue weighted by molar-refractivity contribution is -0.126. The number of carbonyl (C=O) groups excluding carboxylic acids is 1. The molecule has 0 saturated heterocycles. The molecule has 0 radical (unpaired) electrons. The van der Waals surface area contributed by atoms with Crippen molar-refractivity contribution in [2.24, 2.45) is 11.7 Å². The summed E-state index contributed by atoms with van der Waals surface area (Å²) < 4.78 is 0. The van der Waals surface area contributed by atoms with E-state index in [1.165, 1.54) is 0 Å². The minimum absolute atomic E-state index is 0.0121. The highest BCUT2D eigenvalue weighted by Gasteiger charge is 2.25. The van der Waals surface area contributed by atoms with E-state index >= 15 is 0 Å². The minimum atomic E-state index is 0.0121. The van der Waals surface area contributed by atoms with Crippen LogP contribution in [0, 0.1) is 5.92 Å². The summed E-state index contributed by atoms with van der Waals surface area (Å²) in [4.78, 5) is 16.2. The zero-order valence-electron chi connectivity index (χ0n) is 10.1. The number of thiazole rings is 1. The topological polar surface area (TPSA) is 68.0 Å². The monoisotopic (exact) mass is 253 g/mol. The van der Waals surface area contributed by atoms with Gasteiger partial charge in [-0.2, -0.15) is 0 Å². The van der Waals surface area contributed by atoms with Gasteiger partial charge in [-0.1, -0.05) is 0 Å². The first-order valence-corrected chi connectivity index (χ1v) is 7.00. The zero-order valence-corrected chi connectivity index (χ0v) is 10.9. The molecule has 1 saturated carbocycles. The van der Waals surface area contributed by atoms with Crippen LogP contribution < -0.4 is 11.1 Å². The Bertz CT molecular complexity index is 358. The molecule has 1 aliphatic carbocycles. The smallest absolute Gasteiger partial charge is 0.223 e. The lowest BCUT2D eigenvalue weighted by Gasteiger charge is -2.26. The fraction of sp³-hybridized carbons (Fsp3) is 0.667. The van der Waals surface area contributed by atoms with E-state index in [0.29, 0.717) is 0 Å². The summed E-state index contributed by atoms with van der Waals surface area (Å²) in [5, 5.41) is 5.93. The molecule has 1 aromatic rings. The van der Waals surface area contributed by atoms with Crippen LogP contribution in [0.1, 0.15) is 43.7 Å². The van der Waals surface area contributed by atoms with Gasteiger partial charge >= 0.3 is 0 Å². The molecule has 1 amide bonds. The third-order valence-electron chi connectivity index (χ3n) is 3.32. The highest BCUT2D eigenvalue weighted by atomic mass is 32.1. The van der Waals surface area contributed by atoms with Crippen LogP contribution in [0.4, 0.5) is 0 Å². The molecule has 2 rings (SSSR count). The summed E-state index contributed by atoms with van der Waals surface area (Å²) in [6.45, 7) is 1.98. The van der Waals surface area contributed by atoms with Crippen molar-refractivity contribution >= 4 is 17.2 Å². The van der Waals surface area contributed by atoms with E-state index in [9.17, 15) is 4.79 Å². The second-order valence-electron chi connectivity index (χ2n) is 4.71. The van der Waals surface area contributed by atoms with Gasteiger partial charge in [-0.3, -0.25) is 4.79 Å². The zero-order chi connectivity index (χ0) is 12.3. The highest BCUT2D eigenvalue weighted by molar-refractivity contribution is 7.09. The van der Waals surface area contributed by atoms with Crippen molar-refractivity contribution in [2.75, 3.05) is 0 Å². The van der Waals surface area contributed by atoms with E-state index in [4.69, 9.17) is 5.73 Å². The number of nitrogens with zero attached hydrogens (tertiary/aromatic N) is 1. The molecular weight excluding hydrogens is 234 g/mol. The summed E-state index contributed by atoms with van der Waals surface area (Å²) in [6, 6.07) is 0.300. The molecule has 5 heteroatoms. The Labute approximate surface area is 106 Å². The highest BCUT2D eigenvalue weighted by Crippen LogP contribution is 2.24. The molecule has 0 bridgehead atoms. The average Bonchev–Trinajstić information content (AvgIpc) is 2.83. The first-order chi connectivity index (χ1) is 8.16. The van der Waals surface area contributed by atoms with Crippen molar-refractivity contribution in [3.05, 3.63) is 16.6 Å². The predicted molar refractivity (Wildman–Crippen MR) is 68.6 cm³/mol. The summed E-state index contributed by atoms with van der Waals surface area (Å²) in [5.74, 6) is 0.289. The standard InChI is InChI=1S/C12H19N3OS/c1-8(12-14-6-7-17-12)15-11(16)9-2-4-10(13)5-3-9/h6-10H,2-5,13H2,1H3,(H,15,16). The largest absolute Gasteiger partial charge is 0.347 e. The minimum Gasteiger partial charge on any atom is -0.347 e. The van der Waals surface area contributed by atoms with Crippen LogP contribution in [0.2, 0.25) is 0 Å². The van der Waals surface area contributed by atoms with E-state index in [2.05, 4.69) is 10.3 Å². The number of hydrogen-bond acceptors (Lipinski definition) is 4. The first kappa shape index (κ1) is 12.5. The maximum Gasteiger partial charge on any atom is 0.223 e. The average molecular weight is 253 g/mol. The quantitative estimate of drug-likeness (QED) is 0.863. The fourth-order valence-electron chi connectivity index (χ4n) is 2.22. The third-order valence-corrected chi connectivity index (χ3v) is 4.28. The second-order valence-corrected chi connectivity index (χ2v) is 5.64. The van der Waals surface area contributed by atoms with Crippen LogP contribution in [0.15, 0.2) is 11.6 Å². The Balaban J connectivity index is 1.85. The number of amides is 1. The Hall–Kier alpha value is -0.940. The molecule has 1 heterocycles.